The van der Waals surface area contributed by atoms with Gasteiger partial charge in [0.2, 0.25) is 11.8 Å². The van der Waals surface area contributed by atoms with E-state index in [4.69, 9.17) is 15.4 Å². The minimum absolute atomic E-state index is 0.0198. The van der Waals surface area contributed by atoms with Gasteiger partial charge in [-0.3, -0.25) is 14.5 Å². The first-order valence-corrected chi connectivity index (χ1v) is 12.6. The van der Waals surface area contributed by atoms with Crippen molar-refractivity contribution in [1.29, 1.82) is 0 Å². The molecule has 5 atom stereocenters. The normalized spacial score (nSPS) is 16.1. The van der Waals surface area contributed by atoms with Gasteiger partial charge in [-0.2, -0.15) is 0 Å². The number of nitrogens with one attached hydrogen (secondary N) is 1. The molecule has 10 nitrogen and oxygen atoms in total. The van der Waals surface area contributed by atoms with E-state index < -0.39 is 18.2 Å². The van der Waals surface area contributed by atoms with Gasteiger partial charge in [0.05, 0.1) is 38.0 Å². The molecule has 0 spiro atoms. The first-order valence-electron chi connectivity index (χ1n) is 12.6. The van der Waals surface area contributed by atoms with Crippen molar-refractivity contribution < 1.29 is 28.7 Å². The van der Waals surface area contributed by atoms with Crippen molar-refractivity contribution in [1.82, 2.24) is 15.1 Å². The predicted octanol–water partition coefficient (Wildman–Crippen LogP) is 1.47. The van der Waals surface area contributed by atoms with E-state index >= 15 is 0 Å². The molecule has 10 heteroatoms. The van der Waals surface area contributed by atoms with Crippen LogP contribution in [0, 0.1) is 17.8 Å². The van der Waals surface area contributed by atoms with Gasteiger partial charge in [-0.1, -0.05) is 48.0 Å². The number of rotatable bonds is 19. The summed E-state index contributed by atoms with van der Waals surface area (Å²) in [6.07, 6.45) is 1.42. The van der Waals surface area contributed by atoms with Gasteiger partial charge in [0, 0.05) is 27.1 Å². The van der Waals surface area contributed by atoms with Crippen LogP contribution in [-0.2, 0) is 28.7 Å². The maximum atomic E-state index is 13.7. The molecule has 206 valence electrons. The van der Waals surface area contributed by atoms with Gasteiger partial charge in [-0.15, -0.1) is 0 Å². The number of ether oxygens (including phenoxy) is 2. The fraction of sp³-hybridized carbons (Fsp3) is 0.880. The molecule has 3 N–H and O–H groups in total. The molecule has 0 fully saturated rings. The van der Waals surface area contributed by atoms with E-state index in [0.29, 0.717) is 26.4 Å². The Morgan fingerprint density at radius 1 is 1.03 bits per heavy atom. The zero-order chi connectivity index (χ0) is 27.1. The zero-order valence-corrected chi connectivity index (χ0v) is 23.3. The van der Waals surface area contributed by atoms with Gasteiger partial charge >= 0.3 is 0 Å². The Labute approximate surface area is 212 Å². The third kappa shape index (κ3) is 10.9. The Morgan fingerprint density at radius 2 is 1.66 bits per heavy atom. The minimum Gasteiger partial charge on any atom is -0.379 e. The van der Waals surface area contributed by atoms with Crippen molar-refractivity contribution >= 4 is 18.1 Å². The summed E-state index contributed by atoms with van der Waals surface area (Å²) in [5.41, 5.74) is 0. The molecule has 0 heterocycles. The van der Waals surface area contributed by atoms with Gasteiger partial charge in [0.1, 0.15) is 12.3 Å². The van der Waals surface area contributed by atoms with Crippen LogP contribution in [0.5, 0.6) is 0 Å². The number of nitrogens with two attached hydrogens (primary N) is 1. The number of methoxy groups -OCH3 is 1. The summed E-state index contributed by atoms with van der Waals surface area (Å²) in [5.74, 6) is 4.60. The summed E-state index contributed by atoms with van der Waals surface area (Å²) in [6, 6.07) is -1.43. The van der Waals surface area contributed by atoms with Gasteiger partial charge < -0.3 is 29.3 Å². The van der Waals surface area contributed by atoms with E-state index in [1.165, 1.54) is 0 Å². The molecule has 35 heavy (non-hydrogen) atoms. The molecule has 0 rings (SSSR count). The lowest BCUT2D eigenvalue weighted by Crippen LogP contribution is -2.59. The molecule has 0 aliphatic rings. The number of likely N-dealkylation sites (N-methyl/N-ethyl adjacent to an activating group) is 2. The van der Waals surface area contributed by atoms with Crippen molar-refractivity contribution in [2.24, 2.45) is 23.7 Å². The van der Waals surface area contributed by atoms with Crippen molar-refractivity contribution in [3.8, 4) is 0 Å². The van der Waals surface area contributed by atoms with Crippen molar-refractivity contribution in [3.05, 3.63) is 0 Å². The number of carbonyl (C=O) groups excluding carboxylic acids is 3. The van der Waals surface area contributed by atoms with Crippen LogP contribution >= 0.6 is 0 Å². The van der Waals surface area contributed by atoms with Crippen molar-refractivity contribution in [2.75, 3.05) is 47.6 Å². The Kier molecular flexibility index (Phi) is 17.0. The number of carbonyl (C=O) groups is 3. The number of aldehydes is 1. The largest absolute Gasteiger partial charge is 0.379 e. The highest BCUT2D eigenvalue weighted by atomic mass is 16.6. The summed E-state index contributed by atoms with van der Waals surface area (Å²) in [5, 5.41) is 3.01. The SMILES string of the molecule is CCC(C)C(C(CC=O)OC)N(C)C(=O)[C@@H](NC(=O)C(C(C)C)N(C)CCOCCON)C(C)C. The molecule has 2 amide bonds. The lowest BCUT2D eigenvalue weighted by Gasteiger charge is -2.40. The smallest absolute Gasteiger partial charge is 0.245 e. The molecule has 0 aromatic heterocycles. The molecule has 0 aliphatic heterocycles. The topological polar surface area (TPSA) is 123 Å². The Hall–Kier alpha value is -1.59. The van der Waals surface area contributed by atoms with Crippen molar-refractivity contribution in [3.63, 3.8) is 0 Å². The number of hydrogen-bond donors (Lipinski definition) is 2. The monoisotopic (exact) mass is 502 g/mol. The second-order valence-corrected chi connectivity index (χ2v) is 9.88. The summed E-state index contributed by atoms with van der Waals surface area (Å²) >= 11 is 0. The average molecular weight is 503 g/mol. The van der Waals surface area contributed by atoms with E-state index in [2.05, 4.69) is 10.2 Å². The van der Waals surface area contributed by atoms with Gasteiger partial charge in [-0.05, 0) is 24.8 Å². The summed E-state index contributed by atoms with van der Waals surface area (Å²) < 4.78 is 11.1. The van der Waals surface area contributed by atoms with Crippen LogP contribution < -0.4 is 11.2 Å². The average Bonchev–Trinajstić information content (AvgIpc) is 2.80. The second kappa shape index (κ2) is 17.8. The minimum atomic E-state index is -0.708. The molecule has 0 aliphatic carbocycles. The molecule has 0 radical (unpaired) electrons. The summed E-state index contributed by atoms with van der Waals surface area (Å²) in [6.45, 7) is 13.5. The van der Waals surface area contributed by atoms with Crippen LogP contribution in [0.2, 0.25) is 0 Å². The highest BCUT2D eigenvalue weighted by Crippen LogP contribution is 2.23. The van der Waals surface area contributed by atoms with Gasteiger partial charge in [0.15, 0.2) is 0 Å². The number of hydrogen-bond acceptors (Lipinski definition) is 8. The third-order valence-corrected chi connectivity index (χ3v) is 6.57. The van der Waals surface area contributed by atoms with Gasteiger partial charge in [0.25, 0.3) is 0 Å². The molecule has 0 saturated heterocycles. The highest BCUT2D eigenvalue weighted by Gasteiger charge is 2.38. The Morgan fingerprint density at radius 3 is 2.11 bits per heavy atom. The Balaban J connectivity index is 5.60. The second-order valence-electron chi connectivity index (χ2n) is 9.88. The van der Waals surface area contributed by atoms with E-state index in [1.807, 2.05) is 53.5 Å². The standard InChI is InChI=1S/C25H50N4O6/c1-10-19(6)23(20(33-9)11-13-30)29(8)25(32)21(17(2)3)27-24(31)22(18(4)5)28(7)12-14-34-15-16-35-26/h13,17-23H,10-12,14-16,26H2,1-9H3,(H,27,31)/t19?,20?,21-,22?,23?/m0/s1. The molecular weight excluding hydrogens is 452 g/mol. The molecule has 0 saturated carbocycles. The zero-order valence-electron chi connectivity index (χ0n) is 23.3. The van der Waals surface area contributed by atoms with Crippen LogP contribution in [0.4, 0.5) is 0 Å². The van der Waals surface area contributed by atoms with E-state index in [9.17, 15) is 14.4 Å². The maximum absolute atomic E-state index is 13.7. The van der Waals surface area contributed by atoms with Crippen LogP contribution in [0.15, 0.2) is 0 Å². The third-order valence-electron chi connectivity index (χ3n) is 6.57. The first-order chi connectivity index (χ1) is 16.5. The van der Waals surface area contributed by atoms with Crippen molar-refractivity contribution in [2.45, 2.75) is 78.6 Å². The van der Waals surface area contributed by atoms with E-state index in [0.717, 1.165) is 12.7 Å². The fourth-order valence-electron chi connectivity index (χ4n) is 4.40. The van der Waals surface area contributed by atoms with Crippen LogP contribution in [0.1, 0.15) is 54.4 Å². The van der Waals surface area contributed by atoms with Crippen LogP contribution in [0.3, 0.4) is 0 Å². The molecule has 0 aromatic rings. The van der Waals surface area contributed by atoms with E-state index in [-0.39, 0.29) is 42.0 Å². The summed E-state index contributed by atoms with van der Waals surface area (Å²) in [7, 11) is 5.15. The number of nitrogens with zero attached hydrogens (tertiary/aromatic N) is 2. The molecule has 4 unspecified atom stereocenters. The first kappa shape index (κ1) is 33.4. The summed E-state index contributed by atoms with van der Waals surface area (Å²) in [4.78, 5) is 46.3. The van der Waals surface area contributed by atoms with Crippen LogP contribution in [0.25, 0.3) is 0 Å². The molecule has 0 aromatic carbocycles. The van der Waals surface area contributed by atoms with Crippen LogP contribution in [-0.4, -0.2) is 99.7 Å². The number of amides is 2. The fourth-order valence-corrected chi connectivity index (χ4v) is 4.40. The molecule has 0 bridgehead atoms. The maximum Gasteiger partial charge on any atom is 0.245 e. The highest BCUT2D eigenvalue weighted by molar-refractivity contribution is 5.90. The molecular formula is C25H50N4O6. The van der Waals surface area contributed by atoms with Gasteiger partial charge in [-0.25, -0.2) is 5.90 Å². The lowest BCUT2D eigenvalue weighted by atomic mass is 9.90. The quantitative estimate of drug-likeness (QED) is 0.155. The van der Waals surface area contributed by atoms with E-state index in [1.54, 1.807) is 19.1 Å². The lowest BCUT2D eigenvalue weighted by molar-refractivity contribution is -0.144. The Bertz CT molecular complexity index is 619. The predicted molar refractivity (Wildman–Crippen MR) is 136 cm³/mol.